The topological polar surface area (TPSA) is 130 Å². The zero-order chi connectivity index (χ0) is 66.8. The Labute approximate surface area is 569 Å². The molecule has 0 saturated carbocycles. The van der Waals surface area contributed by atoms with Gasteiger partial charge in [0.2, 0.25) is 5.71 Å². The molecule has 10 heterocycles. The minimum Gasteiger partial charge on any atom is -0.456 e. The van der Waals surface area contributed by atoms with E-state index in [4.69, 9.17) is 22.1 Å². The zero-order valence-corrected chi connectivity index (χ0v) is 54.7. The number of para-hydroxylation sites is 1. The van der Waals surface area contributed by atoms with Crippen molar-refractivity contribution in [1.29, 1.82) is 0 Å². The third-order valence-electron chi connectivity index (χ3n) is 17.8. The van der Waals surface area contributed by atoms with Gasteiger partial charge in [0.05, 0.1) is 18.1 Å². The number of aromatic nitrogens is 5. The lowest BCUT2D eigenvalue weighted by molar-refractivity contribution is 0.654. The van der Waals surface area contributed by atoms with E-state index in [0.717, 1.165) is 115 Å². The standard InChI is InChI=1S/4C18H13NO.C17H11NO/c1-12-4-2-5-13(10-12)14-7-8-16-15(11-14)18-17(20-16)6-3-9-19-18;1-12-4-2-5-13(10-12)14-7-8-17-16(11-14)15-6-3-9-19-18(15)20-17;1-12-3-2-4-13(9-12)14-5-6-17-15(10-14)16-11-19-8-7-18(16)20-17;1-12-3-2-4-13(9-12)14-5-6-17-16(10-14)15-7-8-19-11-18(15)20-17;1-2-6-12(7-3-1)15-10-14-13-8-4-5-9-16(13)19-17(14)11-18-15/h4*2-11H,1H3;1-11H. The predicted molar refractivity (Wildman–Crippen MR) is 404 cm³/mol. The predicted octanol–water partition coefficient (Wildman–Crippen LogP) is 24.5. The Hall–Kier alpha value is -13.1. The van der Waals surface area contributed by atoms with Gasteiger partial charge in [0.1, 0.15) is 39.0 Å². The number of aryl methyl sites for hydroxylation is 4. The van der Waals surface area contributed by atoms with E-state index in [9.17, 15) is 0 Å². The minimum atomic E-state index is 0.698. The van der Waals surface area contributed by atoms with Crippen LogP contribution in [0.4, 0.5) is 0 Å². The van der Waals surface area contributed by atoms with Crippen molar-refractivity contribution in [3.63, 3.8) is 0 Å². The minimum absolute atomic E-state index is 0.698. The molecule has 474 valence electrons. The molecular weight excluding hydrogens is 1220 g/mol. The number of rotatable bonds is 5. The molecule has 20 rings (SSSR count). The molecule has 99 heavy (non-hydrogen) atoms. The van der Waals surface area contributed by atoms with Crippen LogP contribution >= 0.6 is 0 Å². The fraction of sp³-hybridized carbons (Fsp3) is 0.0449. The number of hydrogen-bond donors (Lipinski definition) is 0. The van der Waals surface area contributed by atoms with Crippen LogP contribution in [-0.4, -0.2) is 24.9 Å². The third-order valence-corrected chi connectivity index (χ3v) is 17.8. The van der Waals surface area contributed by atoms with Crippen molar-refractivity contribution in [3.05, 3.63) is 333 Å². The Morgan fingerprint density at radius 3 is 1.23 bits per heavy atom. The first-order chi connectivity index (χ1) is 48.7. The molecule has 0 bridgehead atoms. The summed E-state index contributed by atoms with van der Waals surface area (Å²) in [5, 5.41) is 9.94. The zero-order valence-electron chi connectivity index (χ0n) is 54.7. The van der Waals surface area contributed by atoms with E-state index in [0.29, 0.717) is 5.71 Å². The molecule has 20 aromatic rings. The van der Waals surface area contributed by atoms with Crippen LogP contribution in [0.5, 0.6) is 0 Å². The summed E-state index contributed by atoms with van der Waals surface area (Å²) in [5.74, 6) is 0. The largest absolute Gasteiger partial charge is 0.456 e. The van der Waals surface area contributed by atoms with E-state index >= 15 is 0 Å². The van der Waals surface area contributed by atoms with Gasteiger partial charge in [-0.1, -0.05) is 192 Å². The molecule has 0 N–H and O–H groups in total. The second-order valence-electron chi connectivity index (χ2n) is 24.7. The summed E-state index contributed by atoms with van der Waals surface area (Å²) >= 11 is 0. The van der Waals surface area contributed by atoms with E-state index < -0.39 is 0 Å². The van der Waals surface area contributed by atoms with Gasteiger partial charge in [0, 0.05) is 85.0 Å². The number of pyridine rings is 5. The van der Waals surface area contributed by atoms with Crippen molar-refractivity contribution >= 4 is 110 Å². The molecule has 10 nitrogen and oxygen atoms in total. The van der Waals surface area contributed by atoms with Gasteiger partial charge in [-0.3, -0.25) is 19.9 Å². The molecule has 0 aliphatic heterocycles. The number of benzene rings is 10. The van der Waals surface area contributed by atoms with Crippen LogP contribution in [0.3, 0.4) is 0 Å². The normalized spacial score (nSPS) is 11.2. The second-order valence-corrected chi connectivity index (χ2v) is 24.7. The number of fused-ring (bicyclic) bond motifs is 15. The molecule has 0 fully saturated rings. The molecule has 0 amide bonds. The lowest BCUT2D eigenvalue weighted by atomic mass is 10.0. The van der Waals surface area contributed by atoms with Gasteiger partial charge in [-0.05, 0) is 169 Å². The molecule has 0 saturated heterocycles. The molecule has 0 aliphatic carbocycles. The number of nitrogens with zero attached hydrogens (tertiary/aromatic N) is 5. The maximum atomic E-state index is 5.83. The highest BCUT2D eigenvalue weighted by Crippen LogP contribution is 2.37. The van der Waals surface area contributed by atoms with Crippen LogP contribution in [0.1, 0.15) is 22.3 Å². The SMILES string of the molecule is Cc1cccc(-c2ccc3oc4cccnc4c3c2)c1.Cc1cccc(-c2ccc3oc4ccncc4c3c2)c1.Cc1cccc(-c2ccc3oc4cnccc4c3c2)c1.Cc1cccc(-c2ccc3oc4ncccc4c3c2)c1.c1ccc(-c2cc3c(cn2)oc2ccccc23)cc1. The lowest BCUT2D eigenvalue weighted by Gasteiger charge is -2.03. The lowest BCUT2D eigenvalue weighted by Crippen LogP contribution is -1.81. The third kappa shape index (κ3) is 12.7. The quantitative estimate of drug-likeness (QED) is 0.164. The average Bonchev–Trinajstić information content (AvgIpc) is 1.68. The highest BCUT2D eigenvalue weighted by Gasteiger charge is 2.14. The van der Waals surface area contributed by atoms with E-state index in [1.807, 2.05) is 103 Å². The van der Waals surface area contributed by atoms with Gasteiger partial charge in [-0.2, -0.15) is 0 Å². The van der Waals surface area contributed by atoms with Crippen molar-refractivity contribution in [2.24, 2.45) is 0 Å². The molecule has 0 spiro atoms. The van der Waals surface area contributed by atoms with Crippen LogP contribution < -0.4 is 0 Å². The molecule has 0 radical (unpaired) electrons. The Balaban J connectivity index is 0.0000000965. The summed E-state index contributed by atoms with van der Waals surface area (Å²) in [6.45, 7) is 8.44. The van der Waals surface area contributed by atoms with E-state index in [2.05, 4.69) is 222 Å². The fourth-order valence-electron chi connectivity index (χ4n) is 12.9. The maximum Gasteiger partial charge on any atom is 0.227 e. The Morgan fingerprint density at radius 2 is 0.616 bits per heavy atom. The average molecular weight is 1280 g/mol. The van der Waals surface area contributed by atoms with Crippen molar-refractivity contribution < 1.29 is 22.1 Å². The number of furan rings is 5. The van der Waals surface area contributed by atoms with E-state index in [-0.39, 0.29) is 0 Å². The first-order valence-electron chi connectivity index (χ1n) is 32.8. The van der Waals surface area contributed by atoms with Crippen LogP contribution in [-0.2, 0) is 0 Å². The maximum absolute atomic E-state index is 5.83. The summed E-state index contributed by atoms with van der Waals surface area (Å²) in [5.41, 5.74) is 26.4. The van der Waals surface area contributed by atoms with Crippen LogP contribution in [0, 0.1) is 27.7 Å². The highest BCUT2D eigenvalue weighted by molar-refractivity contribution is 6.09. The van der Waals surface area contributed by atoms with Gasteiger partial charge in [-0.25, -0.2) is 4.98 Å². The van der Waals surface area contributed by atoms with Crippen LogP contribution in [0.25, 0.3) is 166 Å². The molecule has 10 aromatic carbocycles. The summed E-state index contributed by atoms with van der Waals surface area (Å²) in [4.78, 5) is 21.5. The van der Waals surface area contributed by atoms with Crippen molar-refractivity contribution in [3.8, 4) is 55.8 Å². The van der Waals surface area contributed by atoms with Crippen LogP contribution in [0.15, 0.2) is 332 Å². The highest BCUT2D eigenvalue weighted by atomic mass is 16.3. The molecule has 0 aliphatic rings. The molecule has 10 aromatic heterocycles. The molecule has 10 heteroatoms. The van der Waals surface area contributed by atoms with E-state index in [1.165, 1.54) is 66.8 Å². The summed E-state index contributed by atoms with van der Waals surface area (Å²) in [6.07, 6.45) is 12.5. The van der Waals surface area contributed by atoms with Gasteiger partial charge in [0.25, 0.3) is 0 Å². The fourth-order valence-corrected chi connectivity index (χ4v) is 12.9. The summed E-state index contributed by atoms with van der Waals surface area (Å²) in [6, 6.07) is 91.4. The first-order valence-corrected chi connectivity index (χ1v) is 32.8. The smallest absolute Gasteiger partial charge is 0.227 e. The van der Waals surface area contributed by atoms with Crippen molar-refractivity contribution in [2.45, 2.75) is 27.7 Å². The summed E-state index contributed by atoms with van der Waals surface area (Å²) < 4.78 is 29.0. The Kier molecular flexibility index (Phi) is 16.4. The number of hydrogen-bond acceptors (Lipinski definition) is 10. The molecule has 0 atom stereocenters. The van der Waals surface area contributed by atoms with Gasteiger partial charge < -0.3 is 22.1 Å². The van der Waals surface area contributed by atoms with Crippen LogP contribution in [0.2, 0.25) is 0 Å². The molecular formula is C89H63N5O5. The summed E-state index contributed by atoms with van der Waals surface area (Å²) in [7, 11) is 0. The van der Waals surface area contributed by atoms with Crippen molar-refractivity contribution in [2.75, 3.05) is 0 Å². The van der Waals surface area contributed by atoms with Gasteiger partial charge in [-0.15, -0.1) is 0 Å². The molecule has 0 unspecified atom stereocenters. The van der Waals surface area contributed by atoms with E-state index in [1.54, 1.807) is 37.2 Å². The second kappa shape index (κ2) is 26.6. The monoisotopic (exact) mass is 1280 g/mol. The first kappa shape index (κ1) is 60.9. The van der Waals surface area contributed by atoms with Crippen molar-refractivity contribution in [1.82, 2.24) is 24.9 Å². The Morgan fingerprint density at radius 1 is 0.212 bits per heavy atom. The van der Waals surface area contributed by atoms with Gasteiger partial charge in [0.15, 0.2) is 16.7 Å². The van der Waals surface area contributed by atoms with Gasteiger partial charge >= 0.3 is 0 Å². The Bertz CT molecular complexity index is 5710.